The molecule has 0 bridgehead atoms. The predicted molar refractivity (Wildman–Crippen MR) is 144 cm³/mol. The van der Waals surface area contributed by atoms with Crippen molar-refractivity contribution in [3.63, 3.8) is 0 Å². The molecule has 0 fully saturated rings. The molecule has 6 rings (SSSR count). The van der Waals surface area contributed by atoms with Crippen LogP contribution in [0.2, 0.25) is 0 Å². The number of pyridine rings is 3. The minimum atomic E-state index is -0.522. The van der Waals surface area contributed by atoms with Crippen molar-refractivity contribution in [2.75, 3.05) is 5.32 Å². The number of amides is 1. The summed E-state index contributed by atoms with van der Waals surface area (Å²) in [7, 11) is 0. The lowest BCUT2D eigenvalue weighted by Crippen LogP contribution is -2.27. The Balaban J connectivity index is 1.40. The number of H-pyrrole nitrogens is 2. The van der Waals surface area contributed by atoms with Crippen LogP contribution in [0, 0.1) is 10.5 Å². The Morgan fingerprint density at radius 2 is 1.89 bits per heavy atom. The van der Waals surface area contributed by atoms with Crippen molar-refractivity contribution in [2.45, 2.75) is 20.8 Å². The van der Waals surface area contributed by atoms with Crippen LogP contribution in [-0.4, -0.2) is 36.0 Å². The molecule has 0 aliphatic heterocycles. The Kier molecular flexibility index (Phi) is 5.34. The van der Waals surface area contributed by atoms with Crippen molar-refractivity contribution in [1.29, 1.82) is 0 Å². The van der Waals surface area contributed by atoms with Crippen LogP contribution in [-0.2, 0) is 4.79 Å². The minimum absolute atomic E-state index is 0.0926. The summed E-state index contributed by atoms with van der Waals surface area (Å²) in [6.07, 6.45) is 5.03. The number of nitrogens with zero attached hydrogens (tertiary/aromatic N) is 4. The van der Waals surface area contributed by atoms with Gasteiger partial charge in [-0.3, -0.25) is 19.9 Å². The molecule has 0 spiro atoms. The Hall–Kier alpha value is -4.44. The van der Waals surface area contributed by atoms with E-state index in [1.54, 1.807) is 24.7 Å². The fourth-order valence-corrected chi connectivity index (χ4v) is 4.78. The highest BCUT2D eigenvalue weighted by Gasteiger charge is 2.22. The molecule has 0 radical (unpaired) electrons. The number of aromatic nitrogens is 6. The highest BCUT2D eigenvalue weighted by molar-refractivity contribution is 7.13. The molecule has 1 amide bonds. The van der Waals surface area contributed by atoms with Gasteiger partial charge in [0.25, 0.3) is 0 Å². The van der Waals surface area contributed by atoms with E-state index in [-0.39, 0.29) is 11.0 Å². The molecule has 0 atom stereocenters. The number of aromatic amines is 2. The highest BCUT2D eigenvalue weighted by atomic mass is 32.1. The lowest BCUT2D eigenvalue weighted by Gasteiger charge is -2.17. The van der Waals surface area contributed by atoms with Crippen LogP contribution in [0.3, 0.4) is 0 Å². The van der Waals surface area contributed by atoms with E-state index in [2.05, 4.69) is 30.5 Å². The zero-order valence-corrected chi connectivity index (χ0v) is 21.1. The fourth-order valence-electron chi connectivity index (χ4n) is 4.03. The van der Waals surface area contributed by atoms with Crippen molar-refractivity contribution in [2.24, 2.45) is 5.41 Å². The first kappa shape index (κ1) is 23.0. The second-order valence-corrected chi connectivity index (χ2v) is 10.8. The van der Waals surface area contributed by atoms with E-state index in [1.165, 1.54) is 6.07 Å². The molecule has 0 saturated heterocycles. The van der Waals surface area contributed by atoms with Crippen LogP contribution in [0.15, 0.2) is 61.1 Å². The number of thiophene rings is 1. The highest BCUT2D eigenvalue weighted by Crippen LogP contribution is 2.35. The first-order valence-electron chi connectivity index (χ1n) is 11.6. The van der Waals surface area contributed by atoms with E-state index in [9.17, 15) is 9.18 Å². The topological polar surface area (TPSA) is 112 Å². The fraction of sp³-hybridized carbons (Fsp3) is 0.148. The van der Waals surface area contributed by atoms with E-state index in [1.807, 2.05) is 51.1 Å². The molecular formula is C27H22FN7OS. The Morgan fingerprint density at radius 3 is 2.68 bits per heavy atom. The maximum absolute atomic E-state index is 13.7. The van der Waals surface area contributed by atoms with Gasteiger partial charge in [-0.25, -0.2) is 4.98 Å². The van der Waals surface area contributed by atoms with E-state index in [0.29, 0.717) is 28.3 Å². The third-order valence-electron chi connectivity index (χ3n) is 5.99. The van der Waals surface area contributed by atoms with Gasteiger partial charge in [0.2, 0.25) is 5.91 Å². The van der Waals surface area contributed by atoms with Gasteiger partial charge in [0.15, 0.2) is 5.13 Å². The summed E-state index contributed by atoms with van der Waals surface area (Å²) in [5.41, 5.74) is 6.01. The molecule has 10 heteroatoms. The Bertz CT molecular complexity index is 1790. The average molecular weight is 512 g/mol. The van der Waals surface area contributed by atoms with Gasteiger partial charge >= 0.3 is 0 Å². The number of nitrogens with one attached hydrogen (secondary N) is 3. The largest absolute Gasteiger partial charge is 0.353 e. The zero-order valence-electron chi connectivity index (χ0n) is 20.3. The Labute approximate surface area is 215 Å². The number of anilines is 1. The van der Waals surface area contributed by atoms with E-state index < -0.39 is 5.41 Å². The van der Waals surface area contributed by atoms with Crippen molar-refractivity contribution < 1.29 is 9.18 Å². The molecule has 184 valence electrons. The summed E-state index contributed by atoms with van der Waals surface area (Å²) in [5, 5.41) is 11.1. The van der Waals surface area contributed by atoms with Gasteiger partial charge in [-0.15, -0.1) is 11.3 Å². The van der Waals surface area contributed by atoms with Gasteiger partial charge in [0, 0.05) is 34.3 Å². The smallest absolute Gasteiger partial charge is 0.229 e. The number of carbonyl (C=O) groups is 1. The summed E-state index contributed by atoms with van der Waals surface area (Å²) >= 11 is 1.06. The lowest BCUT2D eigenvalue weighted by atomic mass is 9.95. The molecule has 6 aromatic rings. The molecule has 0 aromatic carbocycles. The molecule has 6 aromatic heterocycles. The first-order valence-corrected chi connectivity index (χ1v) is 12.4. The van der Waals surface area contributed by atoms with Crippen LogP contribution in [0.1, 0.15) is 20.8 Å². The quantitative estimate of drug-likeness (QED) is 0.253. The van der Waals surface area contributed by atoms with Crippen LogP contribution in [0.5, 0.6) is 0 Å². The van der Waals surface area contributed by atoms with E-state index in [0.717, 1.165) is 43.9 Å². The summed E-state index contributed by atoms with van der Waals surface area (Å²) in [5.74, 6) is -0.0926. The SMILES string of the molecule is CC(C)(C)C(=O)Nc1cncc(-c2ccc3[nH]nc(-c4cc5c(-c6ccc(F)s6)nccc5[nH]4)c3n2)c1. The molecule has 0 unspecified atom stereocenters. The first-order chi connectivity index (χ1) is 17.8. The van der Waals surface area contributed by atoms with E-state index >= 15 is 0 Å². The molecule has 0 aliphatic carbocycles. The summed E-state index contributed by atoms with van der Waals surface area (Å²) in [6, 6.07) is 12.7. The number of fused-ring (bicyclic) bond motifs is 2. The second-order valence-electron chi connectivity index (χ2n) is 9.74. The monoisotopic (exact) mass is 511 g/mol. The molecule has 6 heterocycles. The molecule has 37 heavy (non-hydrogen) atoms. The minimum Gasteiger partial charge on any atom is -0.353 e. The summed E-state index contributed by atoms with van der Waals surface area (Å²) < 4.78 is 13.7. The standard InChI is InChI=1S/C27H22FN7OS/c1-27(2,3)26(36)31-15-10-14(12-29-13-15)17-4-5-19-24(33-17)25(35-34-19)20-11-16-18(32-20)8-9-30-23(16)21-6-7-22(28)37-21/h4-13,32H,1-3H3,(H,31,36)(H,34,35). The maximum Gasteiger partial charge on any atom is 0.229 e. The number of halogens is 1. The van der Waals surface area contributed by atoms with Crippen molar-refractivity contribution >= 4 is 44.9 Å². The summed E-state index contributed by atoms with van der Waals surface area (Å²) in [6.45, 7) is 5.58. The van der Waals surface area contributed by atoms with Crippen LogP contribution >= 0.6 is 11.3 Å². The third-order valence-corrected chi connectivity index (χ3v) is 6.87. The molecular weight excluding hydrogens is 489 g/mol. The number of rotatable bonds is 4. The molecule has 3 N–H and O–H groups in total. The molecule has 0 aliphatic rings. The van der Waals surface area contributed by atoms with Crippen LogP contribution in [0.25, 0.3) is 55.2 Å². The van der Waals surface area contributed by atoms with Gasteiger partial charge in [-0.05, 0) is 42.5 Å². The average Bonchev–Trinajstić information content (AvgIpc) is 3.60. The zero-order chi connectivity index (χ0) is 25.7. The number of hydrogen-bond acceptors (Lipinski definition) is 6. The van der Waals surface area contributed by atoms with Gasteiger partial charge < -0.3 is 10.3 Å². The van der Waals surface area contributed by atoms with Crippen LogP contribution < -0.4 is 5.32 Å². The molecule has 0 saturated carbocycles. The van der Waals surface area contributed by atoms with Crippen molar-refractivity contribution in [3.8, 4) is 33.2 Å². The van der Waals surface area contributed by atoms with Gasteiger partial charge in [-0.1, -0.05) is 20.8 Å². The van der Waals surface area contributed by atoms with Crippen molar-refractivity contribution in [1.82, 2.24) is 30.1 Å². The van der Waals surface area contributed by atoms with Gasteiger partial charge in [0.1, 0.15) is 11.2 Å². The van der Waals surface area contributed by atoms with E-state index in [4.69, 9.17) is 4.98 Å². The second kappa shape index (κ2) is 8.59. The lowest BCUT2D eigenvalue weighted by molar-refractivity contribution is -0.123. The predicted octanol–water partition coefficient (Wildman–Crippen LogP) is 6.42. The number of carbonyl (C=O) groups excluding carboxylic acids is 1. The maximum atomic E-state index is 13.7. The van der Waals surface area contributed by atoms with Gasteiger partial charge in [-0.2, -0.15) is 9.49 Å². The Morgan fingerprint density at radius 1 is 1.03 bits per heavy atom. The normalized spacial score (nSPS) is 11.9. The van der Waals surface area contributed by atoms with Crippen LogP contribution in [0.4, 0.5) is 10.1 Å². The number of hydrogen-bond donors (Lipinski definition) is 3. The summed E-state index contributed by atoms with van der Waals surface area (Å²) in [4.78, 5) is 30.2. The van der Waals surface area contributed by atoms with Crippen molar-refractivity contribution in [3.05, 3.63) is 66.2 Å². The third kappa shape index (κ3) is 4.25. The van der Waals surface area contributed by atoms with Gasteiger partial charge in [0.05, 0.1) is 39.4 Å². The molecule has 8 nitrogen and oxygen atoms in total.